The fourth-order valence-electron chi connectivity index (χ4n) is 4.34. The van der Waals surface area contributed by atoms with Gasteiger partial charge in [-0.1, -0.05) is 0 Å². The number of aryl methyl sites for hydroxylation is 2. The highest BCUT2D eigenvalue weighted by molar-refractivity contribution is 5.80. The first-order valence-electron chi connectivity index (χ1n) is 11.3. The van der Waals surface area contributed by atoms with Gasteiger partial charge < -0.3 is 14.5 Å². The summed E-state index contributed by atoms with van der Waals surface area (Å²) in [5.41, 5.74) is 1.69. The third kappa shape index (κ3) is 5.30. The second-order valence-electron chi connectivity index (χ2n) is 8.56. The monoisotopic (exact) mass is 483 g/mol. The molecule has 0 bridgehead atoms. The number of hydrogen-bond donors (Lipinski definition) is 0. The van der Waals surface area contributed by atoms with Gasteiger partial charge in [0.15, 0.2) is 0 Å². The van der Waals surface area contributed by atoms with Crippen molar-refractivity contribution < 1.29 is 27.5 Å². The molecule has 0 unspecified atom stereocenters. The van der Waals surface area contributed by atoms with E-state index in [1.165, 1.54) is 0 Å². The lowest BCUT2D eigenvalue weighted by Crippen LogP contribution is -2.53. The Balaban J connectivity index is 1.32. The van der Waals surface area contributed by atoms with Crippen LogP contribution in [0.3, 0.4) is 0 Å². The third-order valence-electron chi connectivity index (χ3n) is 6.34. The van der Waals surface area contributed by atoms with Crippen molar-refractivity contribution in [2.24, 2.45) is 0 Å². The molecule has 4 heterocycles. The van der Waals surface area contributed by atoms with Gasteiger partial charge in [-0.15, -0.1) is 5.10 Å². The van der Waals surface area contributed by atoms with Crippen LogP contribution in [0.25, 0.3) is 5.78 Å². The van der Waals surface area contributed by atoms with Crippen molar-refractivity contribution in [2.75, 3.05) is 59.0 Å². The van der Waals surface area contributed by atoms with E-state index in [9.17, 15) is 22.8 Å². The summed E-state index contributed by atoms with van der Waals surface area (Å²) in [6.07, 6.45) is -4.13. The molecular weight excluding hydrogens is 455 g/mol. The van der Waals surface area contributed by atoms with Crippen LogP contribution in [-0.2, 0) is 26.9 Å². The number of piperazine rings is 1. The fourth-order valence-corrected chi connectivity index (χ4v) is 4.34. The molecule has 34 heavy (non-hydrogen) atoms. The van der Waals surface area contributed by atoms with Gasteiger partial charge in [-0.25, -0.2) is 9.50 Å². The molecule has 4 rings (SSSR count). The highest BCUT2D eigenvalue weighted by Crippen LogP contribution is 2.27. The molecule has 186 valence electrons. The molecule has 0 spiro atoms. The minimum atomic E-state index is -4.66. The van der Waals surface area contributed by atoms with Crippen LogP contribution in [0.4, 0.5) is 13.2 Å². The van der Waals surface area contributed by atoms with Gasteiger partial charge in [0.1, 0.15) is 0 Å². The Labute approximate surface area is 194 Å². The van der Waals surface area contributed by atoms with Crippen LogP contribution in [0.5, 0.6) is 0 Å². The lowest BCUT2D eigenvalue weighted by Gasteiger charge is -2.36. The molecule has 0 N–H and O–H groups in total. The molecule has 0 atom stereocenters. The molecule has 2 fully saturated rings. The van der Waals surface area contributed by atoms with Gasteiger partial charge in [0.25, 0.3) is 11.6 Å². The van der Waals surface area contributed by atoms with Crippen molar-refractivity contribution >= 4 is 17.6 Å². The summed E-state index contributed by atoms with van der Waals surface area (Å²) >= 11 is 0. The fraction of sp³-hybridized carbons (Fsp3) is 0.667. The summed E-state index contributed by atoms with van der Waals surface area (Å²) in [4.78, 5) is 38.5. The zero-order valence-corrected chi connectivity index (χ0v) is 19.3. The summed E-state index contributed by atoms with van der Waals surface area (Å²) in [6, 6.07) is 0. The average Bonchev–Trinajstić information content (AvgIpc) is 3.24. The summed E-state index contributed by atoms with van der Waals surface area (Å²) in [7, 11) is 0. The predicted molar refractivity (Wildman–Crippen MR) is 114 cm³/mol. The largest absolute Gasteiger partial charge is 0.453 e. The molecule has 2 aliphatic rings. The van der Waals surface area contributed by atoms with E-state index in [0.717, 1.165) is 17.6 Å². The van der Waals surface area contributed by atoms with Crippen LogP contribution < -0.4 is 0 Å². The summed E-state index contributed by atoms with van der Waals surface area (Å²) in [6.45, 7) is 8.36. The maximum Gasteiger partial charge on any atom is 0.453 e. The summed E-state index contributed by atoms with van der Waals surface area (Å²) in [5, 5.41) is 3.54. The topological polar surface area (TPSA) is 96.2 Å². The summed E-state index contributed by atoms with van der Waals surface area (Å²) in [5.74, 6) is -1.36. The van der Waals surface area contributed by atoms with Crippen molar-refractivity contribution in [3.05, 3.63) is 22.8 Å². The van der Waals surface area contributed by atoms with Crippen molar-refractivity contribution in [1.82, 2.24) is 34.3 Å². The molecule has 0 radical (unpaired) electrons. The first-order valence-corrected chi connectivity index (χ1v) is 11.3. The first-order chi connectivity index (χ1) is 16.1. The second-order valence-corrected chi connectivity index (χ2v) is 8.56. The lowest BCUT2D eigenvalue weighted by atomic mass is 10.1. The Bertz CT molecular complexity index is 1060. The molecule has 2 saturated heterocycles. The molecule has 2 aromatic heterocycles. The van der Waals surface area contributed by atoms with Crippen LogP contribution in [0, 0.1) is 13.8 Å². The molecule has 2 aliphatic heterocycles. The van der Waals surface area contributed by atoms with Gasteiger partial charge in [-0.2, -0.15) is 18.2 Å². The second kappa shape index (κ2) is 9.82. The zero-order valence-electron chi connectivity index (χ0n) is 19.3. The number of amides is 2. The van der Waals surface area contributed by atoms with Gasteiger partial charge in [0.05, 0.1) is 19.8 Å². The Kier molecular flexibility index (Phi) is 7.03. The number of rotatable bonds is 5. The van der Waals surface area contributed by atoms with Crippen LogP contribution in [0.15, 0.2) is 0 Å². The van der Waals surface area contributed by atoms with Crippen LogP contribution in [0.1, 0.15) is 29.2 Å². The van der Waals surface area contributed by atoms with Crippen LogP contribution >= 0.6 is 0 Å². The molecule has 10 nitrogen and oxygen atoms in total. The SMILES string of the molecule is Cc1nc2nc(C(F)(F)F)nn2c(C)c1CCC(=O)N1CCN(C(=O)CN2CCOCC2)CC1. The average molecular weight is 483 g/mol. The number of fused-ring (bicyclic) bond motifs is 1. The van der Waals surface area contributed by atoms with Gasteiger partial charge >= 0.3 is 6.18 Å². The summed E-state index contributed by atoms with van der Waals surface area (Å²) < 4.78 is 45.3. The highest BCUT2D eigenvalue weighted by Gasteiger charge is 2.37. The van der Waals surface area contributed by atoms with Crippen molar-refractivity contribution in [1.29, 1.82) is 0 Å². The molecule has 0 aromatic carbocycles. The zero-order chi connectivity index (χ0) is 24.5. The standard InChI is InChI=1S/C21H28F3N7O3/c1-14-16(15(2)31-20(25-14)26-19(27-31)21(22,23)24)3-4-17(32)29-5-7-30(8-6-29)18(33)13-28-9-11-34-12-10-28/h3-13H2,1-2H3. The number of nitrogens with zero attached hydrogens (tertiary/aromatic N) is 7. The van der Waals surface area contributed by atoms with E-state index in [2.05, 4.69) is 20.0 Å². The molecule has 0 saturated carbocycles. The van der Waals surface area contributed by atoms with E-state index in [0.29, 0.717) is 69.3 Å². The van der Waals surface area contributed by atoms with Gasteiger partial charge in [0.2, 0.25) is 11.8 Å². The number of halogens is 3. The van der Waals surface area contributed by atoms with Crippen LogP contribution in [-0.4, -0.2) is 105 Å². The first kappa shape index (κ1) is 24.3. The number of hydrogen-bond acceptors (Lipinski definition) is 7. The minimum absolute atomic E-state index is 0.0608. The Hall–Kier alpha value is -2.80. The number of alkyl halides is 3. The Morgan fingerprint density at radius 2 is 1.56 bits per heavy atom. The number of carbonyl (C=O) groups is 2. The molecule has 2 amide bonds. The number of aromatic nitrogens is 4. The molecule has 0 aliphatic carbocycles. The van der Waals surface area contributed by atoms with E-state index in [-0.39, 0.29) is 24.0 Å². The van der Waals surface area contributed by atoms with E-state index in [1.807, 2.05) is 0 Å². The van der Waals surface area contributed by atoms with Crippen LogP contribution in [0.2, 0.25) is 0 Å². The van der Waals surface area contributed by atoms with Gasteiger partial charge in [-0.05, 0) is 25.8 Å². The molecule has 13 heteroatoms. The number of carbonyl (C=O) groups excluding carboxylic acids is 2. The van der Waals surface area contributed by atoms with Crippen molar-refractivity contribution in [3.63, 3.8) is 0 Å². The van der Waals surface area contributed by atoms with E-state index in [4.69, 9.17) is 4.74 Å². The molecular formula is C21H28F3N7O3. The third-order valence-corrected chi connectivity index (χ3v) is 6.34. The highest BCUT2D eigenvalue weighted by atomic mass is 19.4. The van der Waals surface area contributed by atoms with E-state index >= 15 is 0 Å². The van der Waals surface area contributed by atoms with E-state index < -0.39 is 12.0 Å². The van der Waals surface area contributed by atoms with E-state index in [1.54, 1.807) is 23.6 Å². The number of morpholine rings is 1. The molecule has 2 aromatic rings. The van der Waals surface area contributed by atoms with Gasteiger partial charge in [-0.3, -0.25) is 14.5 Å². The Morgan fingerprint density at radius 1 is 0.941 bits per heavy atom. The Morgan fingerprint density at radius 3 is 2.18 bits per heavy atom. The van der Waals surface area contributed by atoms with Gasteiger partial charge in [0, 0.05) is 57.1 Å². The minimum Gasteiger partial charge on any atom is -0.379 e. The lowest BCUT2D eigenvalue weighted by molar-refractivity contribution is -0.144. The number of ether oxygens (including phenoxy) is 1. The maximum absolute atomic E-state index is 13.0. The quantitative estimate of drug-likeness (QED) is 0.618. The predicted octanol–water partition coefficient (Wildman–Crippen LogP) is 0.696. The van der Waals surface area contributed by atoms with Crippen molar-refractivity contribution in [2.45, 2.75) is 32.9 Å². The normalized spacial score (nSPS) is 18.0. The maximum atomic E-state index is 13.0. The van der Waals surface area contributed by atoms with Crippen molar-refractivity contribution in [3.8, 4) is 0 Å². The smallest absolute Gasteiger partial charge is 0.379 e.